The van der Waals surface area contributed by atoms with E-state index in [0.29, 0.717) is 47.5 Å². The maximum atomic E-state index is 12.9. The highest BCUT2D eigenvalue weighted by Crippen LogP contribution is 2.32. The molecule has 0 spiro atoms. The number of aromatic nitrogens is 1. The fraction of sp³-hybridized carbons (Fsp3) is 0.385. The molecule has 0 bridgehead atoms. The molecule has 188 valence electrons. The molecule has 0 saturated heterocycles. The van der Waals surface area contributed by atoms with Crippen LogP contribution in [-0.2, 0) is 6.61 Å². The molecule has 1 heterocycles. The van der Waals surface area contributed by atoms with Crippen LogP contribution in [0.25, 0.3) is 0 Å². The van der Waals surface area contributed by atoms with Gasteiger partial charge in [0.15, 0.2) is 23.0 Å². The minimum Gasteiger partial charge on any atom is -0.493 e. The van der Waals surface area contributed by atoms with Crippen LogP contribution in [-0.4, -0.2) is 57.9 Å². The molecule has 2 aromatic carbocycles. The third kappa shape index (κ3) is 6.05. The van der Waals surface area contributed by atoms with E-state index in [4.69, 9.17) is 23.5 Å². The van der Waals surface area contributed by atoms with Gasteiger partial charge in [0.25, 0.3) is 5.91 Å². The second kappa shape index (κ2) is 11.6. The fourth-order valence-corrected chi connectivity index (χ4v) is 3.74. The summed E-state index contributed by atoms with van der Waals surface area (Å²) in [5.41, 5.74) is 3.13. The van der Waals surface area contributed by atoms with Gasteiger partial charge in [0.1, 0.15) is 12.4 Å². The van der Waals surface area contributed by atoms with E-state index in [1.165, 1.54) is 0 Å². The number of aryl methyl sites for hydroxylation is 2. The van der Waals surface area contributed by atoms with Crippen LogP contribution in [0, 0.1) is 13.8 Å². The zero-order chi connectivity index (χ0) is 25.5. The van der Waals surface area contributed by atoms with E-state index in [9.17, 15) is 4.79 Å². The van der Waals surface area contributed by atoms with Gasteiger partial charge in [0, 0.05) is 12.1 Å². The number of methoxy groups -OCH3 is 3. The van der Waals surface area contributed by atoms with Gasteiger partial charge in [-0.1, -0.05) is 11.2 Å². The van der Waals surface area contributed by atoms with Crippen LogP contribution in [0.3, 0.4) is 0 Å². The first kappa shape index (κ1) is 25.9. The zero-order valence-electron chi connectivity index (χ0n) is 21.3. The van der Waals surface area contributed by atoms with E-state index in [1.807, 2.05) is 51.0 Å². The molecule has 9 nitrogen and oxygen atoms in total. The first-order valence-electron chi connectivity index (χ1n) is 11.2. The quantitative estimate of drug-likeness (QED) is 0.438. The second-order valence-corrected chi connectivity index (χ2v) is 8.26. The van der Waals surface area contributed by atoms with Gasteiger partial charge in [-0.15, -0.1) is 0 Å². The summed E-state index contributed by atoms with van der Waals surface area (Å²) in [7, 11) is 8.66. The summed E-state index contributed by atoms with van der Waals surface area (Å²) < 4.78 is 27.3. The molecule has 1 aromatic heterocycles. The van der Waals surface area contributed by atoms with Crippen LogP contribution >= 0.6 is 0 Å². The Morgan fingerprint density at radius 1 is 0.971 bits per heavy atom. The summed E-state index contributed by atoms with van der Waals surface area (Å²) in [6, 6.07) is 10.8. The van der Waals surface area contributed by atoms with Crippen LogP contribution in [0.2, 0.25) is 0 Å². The number of likely N-dealkylation sites (N-methyl/N-ethyl adjacent to an activating group) is 1. The number of carbonyl (C=O) groups excluding carboxylic acids is 1. The Labute approximate surface area is 205 Å². The minimum absolute atomic E-state index is 0.0710. The van der Waals surface area contributed by atoms with Crippen molar-refractivity contribution in [2.45, 2.75) is 26.5 Å². The van der Waals surface area contributed by atoms with E-state index in [2.05, 4.69) is 10.5 Å². The molecule has 1 N–H and O–H groups in total. The predicted molar refractivity (Wildman–Crippen MR) is 132 cm³/mol. The molecule has 0 aliphatic heterocycles. The Morgan fingerprint density at radius 3 is 2.23 bits per heavy atom. The van der Waals surface area contributed by atoms with Gasteiger partial charge in [-0.05, 0) is 63.8 Å². The molecule has 0 aliphatic carbocycles. The van der Waals surface area contributed by atoms with Crippen LogP contribution < -0.4 is 24.3 Å². The van der Waals surface area contributed by atoms with E-state index in [-0.39, 0.29) is 11.9 Å². The molecule has 3 rings (SSSR count). The zero-order valence-corrected chi connectivity index (χ0v) is 21.3. The van der Waals surface area contributed by atoms with Crippen molar-refractivity contribution in [2.24, 2.45) is 0 Å². The number of hydrogen-bond acceptors (Lipinski definition) is 8. The average Bonchev–Trinajstić information content (AvgIpc) is 3.18. The smallest absolute Gasteiger partial charge is 0.251 e. The molecule has 1 unspecified atom stereocenters. The highest BCUT2D eigenvalue weighted by Gasteiger charge is 2.19. The maximum absolute atomic E-state index is 12.9. The molecule has 0 saturated carbocycles. The molecule has 3 aromatic rings. The molecule has 35 heavy (non-hydrogen) atoms. The molecule has 0 radical (unpaired) electrons. The van der Waals surface area contributed by atoms with Gasteiger partial charge in [-0.3, -0.25) is 4.79 Å². The van der Waals surface area contributed by atoms with Crippen molar-refractivity contribution < 1.29 is 28.3 Å². The van der Waals surface area contributed by atoms with Gasteiger partial charge < -0.3 is 33.7 Å². The standard InChI is InChI=1S/C26H33N3O6/c1-16-20(17(2)35-28-16)15-34-23-11-9-19(13-25(23)33-7)26(30)27-14-21(29(3)4)18-8-10-22(31-5)24(12-18)32-6/h8-13,21H,14-15H2,1-7H3,(H,27,30). The van der Waals surface area contributed by atoms with Crippen molar-refractivity contribution >= 4 is 5.91 Å². The monoisotopic (exact) mass is 483 g/mol. The van der Waals surface area contributed by atoms with Crippen molar-refractivity contribution in [1.29, 1.82) is 0 Å². The first-order valence-corrected chi connectivity index (χ1v) is 11.2. The minimum atomic E-state index is -0.215. The summed E-state index contributed by atoms with van der Waals surface area (Å²) in [6.07, 6.45) is 0. The first-order chi connectivity index (χ1) is 16.8. The second-order valence-electron chi connectivity index (χ2n) is 8.26. The number of amides is 1. The summed E-state index contributed by atoms with van der Waals surface area (Å²) in [5, 5.41) is 6.95. The maximum Gasteiger partial charge on any atom is 0.251 e. The molecule has 1 atom stereocenters. The number of hydrogen-bond donors (Lipinski definition) is 1. The summed E-state index contributed by atoms with van der Waals surface area (Å²) >= 11 is 0. The SMILES string of the molecule is COc1ccc(C(CNC(=O)c2ccc(OCc3c(C)noc3C)c(OC)c2)N(C)C)cc1OC. The summed E-state index contributed by atoms with van der Waals surface area (Å²) in [5.74, 6) is 2.78. The number of benzene rings is 2. The third-order valence-electron chi connectivity index (χ3n) is 5.85. The highest BCUT2D eigenvalue weighted by atomic mass is 16.5. The van der Waals surface area contributed by atoms with Gasteiger partial charge in [0.05, 0.1) is 38.6 Å². The fourth-order valence-electron chi connectivity index (χ4n) is 3.74. The lowest BCUT2D eigenvalue weighted by Gasteiger charge is -2.26. The molecule has 9 heteroatoms. The Kier molecular flexibility index (Phi) is 8.59. The van der Waals surface area contributed by atoms with E-state index in [1.54, 1.807) is 39.5 Å². The van der Waals surface area contributed by atoms with Gasteiger partial charge in [-0.25, -0.2) is 0 Å². The van der Waals surface area contributed by atoms with Crippen LogP contribution in [0.15, 0.2) is 40.9 Å². The lowest BCUT2D eigenvalue weighted by Crippen LogP contribution is -2.34. The number of nitrogens with one attached hydrogen (secondary N) is 1. The number of ether oxygens (including phenoxy) is 4. The Hall–Kier alpha value is -3.72. The van der Waals surface area contributed by atoms with Crippen molar-refractivity contribution in [1.82, 2.24) is 15.4 Å². The molecule has 0 aliphatic rings. The largest absolute Gasteiger partial charge is 0.493 e. The topological polar surface area (TPSA) is 95.3 Å². The average molecular weight is 484 g/mol. The van der Waals surface area contributed by atoms with Gasteiger partial charge >= 0.3 is 0 Å². The highest BCUT2D eigenvalue weighted by molar-refractivity contribution is 5.94. The Bertz CT molecular complexity index is 1140. The lowest BCUT2D eigenvalue weighted by atomic mass is 10.0. The van der Waals surface area contributed by atoms with E-state index < -0.39 is 0 Å². The Balaban J connectivity index is 1.70. The van der Waals surface area contributed by atoms with E-state index >= 15 is 0 Å². The number of carbonyl (C=O) groups is 1. The van der Waals surface area contributed by atoms with Crippen molar-refractivity contribution in [2.75, 3.05) is 42.0 Å². The lowest BCUT2D eigenvalue weighted by molar-refractivity contribution is 0.0941. The summed E-state index contributed by atoms with van der Waals surface area (Å²) in [4.78, 5) is 15.0. The molecule has 1 amide bonds. The normalized spacial score (nSPS) is 11.8. The van der Waals surface area contributed by atoms with Gasteiger partial charge in [0.2, 0.25) is 0 Å². The molecular formula is C26H33N3O6. The van der Waals surface area contributed by atoms with Crippen molar-refractivity contribution in [3.63, 3.8) is 0 Å². The molecule has 0 fully saturated rings. The van der Waals surface area contributed by atoms with Crippen molar-refractivity contribution in [3.05, 3.63) is 64.5 Å². The van der Waals surface area contributed by atoms with Crippen molar-refractivity contribution in [3.8, 4) is 23.0 Å². The van der Waals surface area contributed by atoms with Gasteiger partial charge in [-0.2, -0.15) is 0 Å². The molecular weight excluding hydrogens is 450 g/mol. The van der Waals surface area contributed by atoms with Crippen LogP contribution in [0.1, 0.15) is 39.0 Å². The number of rotatable bonds is 11. The van der Waals surface area contributed by atoms with Crippen LogP contribution in [0.5, 0.6) is 23.0 Å². The predicted octanol–water partition coefficient (Wildman–Crippen LogP) is 3.93. The number of nitrogens with zero attached hydrogens (tertiary/aromatic N) is 2. The van der Waals surface area contributed by atoms with E-state index in [0.717, 1.165) is 16.8 Å². The van der Waals surface area contributed by atoms with Crippen LogP contribution in [0.4, 0.5) is 0 Å². The third-order valence-corrected chi connectivity index (χ3v) is 5.85. The Morgan fingerprint density at radius 2 is 1.63 bits per heavy atom. The summed E-state index contributed by atoms with van der Waals surface area (Å²) in [6.45, 7) is 4.39.